The van der Waals surface area contributed by atoms with Crippen molar-refractivity contribution in [1.29, 1.82) is 0 Å². The minimum absolute atomic E-state index is 0.00804. The first-order valence-corrected chi connectivity index (χ1v) is 11.8. The van der Waals surface area contributed by atoms with Gasteiger partial charge < -0.3 is 24.8 Å². The average Bonchev–Trinajstić information content (AvgIpc) is 3.44. The zero-order valence-electron chi connectivity index (χ0n) is 20.7. The van der Waals surface area contributed by atoms with Crippen molar-refractivity contribution in [3.8, 4) is 5.75 Å². The Morgan fingerprint density at radius 1 is 1.31 bits per heavy atom. The van der Waals surface area contributed by atoms with Gasteiger partial charge in [-0.1, -0.05) is 0 Å². The van der Waals surface area contributed by atoms with Crippen LogP contribution in [0.2, 0.25) is 0 Å². The minimum Gasteiger partial charge on any atom is -0.489 e. The maximum absolute atomic E-state index is 14.3. The van der Waals surface area contributed by atoms with E-state index in [-0.39, 0.29) is 23.8 Å². The Hall–Kier alpha value is -3.89. The molecular weight excluding hydrogens is 469 g/mol. The summed E-state index contributed by atoms with van der Waals surface area (Å²) in [4.78, 5) is 30.1. The number of ether oxygens (including phenoxy) is 2. The number of halogens is 1. The van der Waals surface area contributed by atoms with E-state index in [1.807, 2.05) is 4.90 Å². The van der Waals surface area contributed by atoms with E-state index < -0.39 is 29.6 Å². The number of carbonyl (C=O) groups excluding carboxylic acids is 1. The number of fused-ring (bicyclic) bond motifs is 1. The van der Waals surface area contributed by atoms with Gasteiger partial charge in [0.15, 0.2) is 5.65 Å². The molecule has 0 bridgehead atoms. The van der Waals surface area contributed by atoms with Gasteiger partial charge in [0.05, 0.1) is 18.8 Å². The number of nitrogens with zero attached hydrogens (tertiary/aromatic N) is 4. The molecule has 1 saturated heterocycles. The number of carboxylic acids is 1. The van der Waals surface area contributed by atoms with Crippen LogP contribution in [0.1, 0.15) is 62.5 Å². The third-order valence-electron chi connectivity index (χ3n) is 5.72. The zero-order chi connectivity index (χ0) is 26.0. The molecule has 3 heterocycles. The Balaban J connectivity index is 1.55. The predicted octanol–water partition coefficient (Wildman–Crippen LogP) is 4.20. The number of hydrogen-bond donors (Lipinski definition) is 2. The Kier molecular flexibility index (Phi) is 7.00. The van der Waals surface area contributed by atoms with E-state index in [2.05, 4.69) is 15.4 Å². The van der Waals surface area contributed by atoms with Crippen molar-refractivity contribution >= 4 is 23.5 Å². The molecule has 11 heteroatoms. The van der Waals surface area contributed by atoms with E-state index >= 15 is 0 Å². The summed E-state index contributed by atoms with van der Waals surface area (Å²) in [6.07, 6.45) is 3.56. The Morgan fingerprint density at radius 3 is 2.81 bits per heavy atom. The smallest absolute Gasteiger partial charge is 0.407 e. The number of carbonyl (C=O) groups is 2. The minimum atomic E-state index is -1.11. The van der Waals surface area contributed by atoms with Crippen LogP contribution >= 0.6 is 0 Å². The molecule has 192 valence electrons. The largest absolute Gasteiger partial charge is 0.489 e. The van der Waals surface area contributed by atoms with Crippen LogP contribution in [-0.2, 0) is 4.74 Å². The number of anilines is 1. The number of benzene rings is 1. The number of amides is 1. The lowest BCUT2D eigenvalue weighted by Gasteiger charge is -2.28. The molecule has 0 spiro atoms. The van der Waals surface area contributed by atoms with E-state index in [0.717, 1.165) is 12.8 Å². The van der Waals surface area contributed by atoms with Crippen LogP contribution in [0.4, 0.5) is 15.0 Å². The fraction of sp³-hybridized carbons (Fsp3) is 0.440. The summed E-state index contributed by atoms with van der Waals surface area (Å²) >= 11 is 0. The summed E-state index contributed by atoms with van der Waals surface area (Å²) in [6, 6.07) is 5.90. The number of hydrogen-bond acceptors (Lipinski definition) is 7. The third-order valence-corrected chi connectivity index (χ3v) is 5.72. The molecule has 3 aromatic rings. The van der Waals surface area contributed by atoms with Crippen LogP contribution in [0.3, 0.4) is 0 Å². The van der Waals surface area contributed by atoms with Gasteiger partial charge in [-0.2, -0.15) is 5.10 Å². The standard InChI is InChI=1S/C25H30FN5O5/c1-15(13-27-24(34)36-25(2,3)4)35-20-8-7-16(26)12-17(20)19-6-5-10-30(19)21-9-11-31-22(29-21)18(14-28-31)23(32)33/h7-9,11-12,14-15,19H,5-6,10,13H2,1-4H3,(H,27,34)(H,32,33)/t15-,19+/m0/s1. The highest BCUT2D eigenvalue weighted by Gasteiger charge is 2.31. The Labute approximate surface area is 208 Å². The molecular formula is C25H30FN5O5. The lowest BCUT2D eigenvalue weighted by molar-refractivity contribution is 0.0504. The molecule has 36 heavy (non-hydrogen) atoms. The van der Waals surface area contributed by atoms with Crippen LogP contribution in [0, 0.1) is 5.82 Å². The van der Waals surface area contributed by atoms with E-state index in [1.54, 1.807) is 46.0 Å². The summed E-state index contributed by atoms with van der Waals surface area (Å²) in [7, 11) is 0. The van der Waals surface area contributed by atoms with Crippen molar-refractivity contribution in [1.82, 2.24) is 19.9 Å². The first kappa shape index (κ1) is 25.2. The molecule has 0 radical (unpaired) electrons. The molecule has 0 saturated carbocycles. The van der Waals surface area contributed by atoms with Crippen molar-refractivity contribution in [3.05, 3.63) is 53.6 Å². The van der Waals surface area contributed by atoms with E-state index in [0.29, 0.717) is 23.7 Å². The second kappa shape index (κ2) is 10.00. The van der Waals surface area contributed by atoms with Crippen LogP contribution in [0.25, 0.3) is 5.65 Å². The molecule has 10 nitrogen and oxygen atoms in total. The number of nitrogens with one attached hydrogen (secondary N) is 1. The second-order valence-corrected chi connectivity index (χ2v) is 9.76. The highest BCUT2D eigenvalue weighted by Crippen LogP contribution is 2.40. The van der Waals surface area contributed by atoms with Gasteiger partial charge in [-0.3, -0.25) is 0 Å². The van der Waals surface area contributed by atoms with Gasteiger partial charge in [0.1, 0.15) is 34.7 Å². The summed E-state index contributed by atoms with van der Waals surface area (Å²) < 4.78 is 27.1. The maximum Gasteiger partial charge on any atom is 0.407 e. The molecule has 0 aliphatic carbocycles. The molecule has 1 aromatic carbocycles. The van der Waals surface area contributed by atoms with Gasteiger partial charge in [-0.25, -0.2) is 23.5 Å². The van der Waals surface area contributed by atoms with Gasteiger partial charge >= 0.3 is 12.1 Å². The summed E-state index contributed by atoms with van der Waals surface area (Å²) in [6.45, 7) is 8.03. The number of rotatable bonds is 7. The second-order valence-electron chi connectivity index (χ2n) is 9.76. The predicted molar refractivity (Wildman–Crippen MR) is 130 cm³/mol. The monoisotopic (exact) mass is 499 g/mol. The number of alkyl carbamates (subject to hydrolysis) is 1. The normalized spacial score (nSPS) is 16.7. The third kappa shape index (κ3) is 5.67. The maximum atomic E-state index is 14.3. The van der Waals surface area contributed by atoms with Gasteiger partial charge in [-0.05, 0) is 64.8 Å². The van der Waals surface area contributed by atoms with Crippen molar-refractivity contribution in [2.24, 2.45) is 0 Å². The highest BCUT2D eigenvalue weighted by atomic mass is 19.1. The summed E-state index contributed by atoms with van der Waals surface area (Å²) in [5.41, 5.74) is 0.297. The van der Waals surface area contributed by atoms with Gasteiger partial charge in [0.2, 0.25) is 0 Å². The quantitative estimate of drug-likeness (QED) is 0.497. The van der Waals surface area contributed by atoms with Gasteiger partial charge in [-0.15, -0.1) is 0 Å². The molecule has 2 atom stereocenters. The average molecular weight is 500 g/mol. The van der Waals surface area contributed by atoms with Crippen molar-refractivity contribution in [3.63, 3.8) is 0 Å². The first-order valence-electron chi connectivity index (χ1n) is 11.8. The first-order chi connectivity index (χ1) is 17.0. The fourth-order valence-corrected chi connectivity index (χ4v) is 4.22. The lowest BCUT2D eigenvalue weighted by Crippen LogP contribution is -2.37. The number of carboxylic acid groups (broad SMARTS) is 1. The summed E-state index contributed by atoms with van der Waals surface area (Å²) in [5.74, 6) is -0.426. The lowest BCUT2D eigenvalue weighted by atomic mass is 10.0. The van der Waals surface area contributed by atoms with Gasteiger partial charge in [0, 0.05) is 18.3 Å². The van der Waals surface area contributed by atoms with Gasteiger partial charge in [0.25, 0.3) is 0 Å². The van der Waals surface area contributed by atoms with Crippen LogP contribution in [0.15, 0.2) is 36.7 Å². The van der Waals surface area contributed by atoms with E-state index in [1.165, 1.54) is 22.8 Å². The molecule has 1 fully saturated rings. The van der Waals surface area contributed by atoms with Crippen LogP contribution in [-0.4, -0.2) is 56.6 Å². The highest BCUT2D eigenvalue weighted by molar-refractivity contribution is 5.94. The molecule has 0 unspecified atom stereocenters. The van der Waals surface area contributed by atoms with E-state index in [9.17, 15) is 19.1 Å². The van der Waals surface area contributed by atoms with E-state index in [4.69, 9.17) is 9.47 Å². The van der Waals surface area contributed by atoms with Crippen molar-refractivity contribution < 1.29 is 28.6 Å². The molecule has 2 aromatic heterocycles. The van der Waals surface area contributed by atoms with Crippen molar-refractivity contribution in [2.45, 2.75) is 58.3 Å². The number of aromatic nitrogens is 3. The van der Waals surface area contributed by atoms with Crippen LogP contribution in [0.5, 0.6) is 5.75 Å². The Bertz CT molecular complexity index is 1270. The molecule has 1 aliphatic heterocycles. The SMILES string of the molecule is C[C@@H](CNC(=O)OC(C)(C)C)Oc1ccc(F)cc1[C@H]1CCCN1c1ccn2ncc(C(=O)O)c2n1. The Morgan fingerprint density at radius 2 is 2.08 bits per heavy atom. The fourth-order valence-electron chi connectivity index (χ4n) is 4.22. The van der Waals surface area contributed by atoms with Crippen molar-refractivity contribution in [2.75, 3.05) is 18.0 Å². The topological polar surface area (TPSA) is 118 Å². The number of aromatic carboxylic acids is 1. The molecule has 1 aliphatic rings. The summed E-state index contributed by atoms with van der Waals surface area (Å²) in [5, 5.41) is 16.2. The van der Waals surface area contributed by atoms with Crippen LogP contribution < -0.4 is 15.0 Å². The molecule has 2 N–H and O–H groups in total. The zero-order valence-corrected chi connectivity index (χ0v) is 20.7. The molecule has 1 amide bonds. The molecule has 4 rings (SSSR count).